The van der Waals surface area contributed by atoms with Gasteiger partial charge in [-0.2, -0.15) is 0 Å². The number of amides is 1. The lowest BCUT2D eigenvalue weighted by Gasteiger charge is -2.22. The summed E-state index contributed by atoms with van der Waals surface area (Å²) in [5, 5.41) is 0. The number of carbonyl (C=O) groups excluding carboxylic acids is 1. The van der Waals surface area contributed by atoms with Crippen molar-refractivity contribution in [3.8, 4) is 0 Å². The molecule has 1 amide bonds. The van der Waals surface area contributed by atoms with E-state index in [0.717, 1.165) is 42.7 Å². The summed E-state index contributed by atoms with van der Waals surface area (Å²) in [6.07, 6.45) is 2.94. The van der Waals surface area contributed by atoms with Crippen LogP contribution in [-0.2, 0) is 11.2 Å². The molecule has 1 aliphatic rings. The summed E-state index contributed by atoms with van der Waals surface area (Å²) in [7, 11) is 0. The van der Waals surface area contributed by atoms with Crippen molar-refractivity contribution in [2.75, 3.05) is 17.2 Å². The van der Waals surface area contributed by atoms with E-state index in [4.69, 9.17) is 5.73 Å². The summed E-state index contributed by atoms with van der Waals surface area (Å²) in [5.41, 5.74) is 10.1. The highest BCUT2D eigenvalue weighted by molar-refractivity contribution is 5.97. The SMILES string of the molecule is CCCC(C)C(=O)N1CCc2cc(C)c(N)cc21. The molecule has 0 fully saturated rings. The maximum absolute atomic E-state index is 12.4. The number of benzene rings is 1. The molecule has 0 aromatic heterocycles. The van der Waals surface area contributed by atoms with Crippen molar-refractivity contribution in [3.63, 3.8) is 0 Å². The molecule has 0 saturated carbocycles. The number of nitrogens with zero attached hydrogens (tertiary/aromatic N) is 1. The third-order valence-electron chi connectivity index (χ3n) is 3.77. The van der Waals surface area contributed by atoms with Crippen molar-refractivity contribution in [1.82, 2.24) is 0 Å². The van der Waals surface area contributed by atoms with Crippen molar-refractivity contribution in [2.24, 2.45) is 5.92 Å². The lowest BCUT2D eigenvalue weighted by molar-refractivity contribution is -0.122. The molecule has 0 saturated heterocycles. The first-order valence-corrected chi connectivity index (χ1v) is 6.75. The molecule has 0 bridgehead atoms. The number of nitrogens with two attached hydrogens (primary N) is 1. The average Bonchev–Trinajstić information content (AvgIpc) is 2.72. The van der Waals surface area contributed by atoms with Gasteiger partial charge in [0.15, 0.2) is 0 Å². The summed E-state index contributed by atoms with van der Waals surface area (Å²) >= 11 is 0. The minimum Gasteiger partial charge on any atom is -0.398 e. The van der Waals surface area contributed by atoms with Crippen LogP contribution in [0.25, 0.3) is 0 Å². The van der Waals surface area contributed by atoms with Gasteiger partial charge in [-0.15, -0.1) is 0 Å². The van der Waals surface area contributed by atoms with Crippen LogP contribution in [0, 0.1) is 12.8 Å². The van der Waals surface area contributed by atoms with Gasteiger partial charge in [0.2, 0.25) is 5.91 Å². The quantitative estimate of drug-likeness (QED) is 0.833. The zero-order chi connectivity index (χ0) is 13.3. The second-order valence-corrected chi connectivity index (χ2v) is 5.27. The molecule has 1 unspecified atom stereocenters. The number of hydrogen-bond acceptors (Lipinski definition) is 2. The lowest BCUT2D eigenvalue weighted by Crippen LogP contribution is -2.33. The average molecular weight is 246 g/mol. The van der Waals surface area contributed by atoms with Crippen molar-refractivity contribution in [3.05, 3.63) is 23.3 Å². The molecular weight excluding hydrogens is 224 g/mol. The number of rotatable bonds is 3. The highest BCUT2D eigenvalue weighted by Gasteiger charge is 2.28. The van der Waals surface area contributed by atoms with E-state index in [2.05, 4.69) is 13.0 Å². The van der Waals surface area contributed by atoms with Crippen LogP contribution in [0.5, 0.6) is 0 Å². The molecule has 1 heterocycles. The van der Waals surface area contributed by atoms with Gasteiger partial charge in [0.05, 0.1) is 0 Å². The van der Waals surface area contributed by atoms with Gasteiger partial charge in [0, 0.05) is 23.8 Å². The number of nitrogen functional groups attached to an aromatic ring is 1. The van der Waals surface area contributed by atoms with E-state index in [1.807, 2.05) is 24.8 Å². The molecule has 3 heteroatoms. The molecule has 98 valence electrons. The third kappa shape index (κ3) is 2.22. The van der Waals surface area contributed by atoms with Crippen molar-refractivity contribution >= 4 is 17.3 Å². The number of anilines is 2. The van der Waals surface area contributed by atoms with Crippen LogP contribution in [0.3, 0.4) is 0 Å². The maximum atomic E-state index is 12.4. The predicted molar refractivity (Wildman–Crippen MR) is 75.7 cm³/mol. The highest BCUT2D eigenvalue weighted by atomic mass is 16.2. The Morgan fingerprint density at radius 1 is 1.50 bits per heavy atom. The Hall–Kier alpha value is -1.51. The Kier molecular flexibility index (Phi) is 3.60. The van der Waals surface area contributed by atoms with E-state index in [0.29, 0.717) is 0 Å². The van der Waals surface area contributed by atoms with Gasteiger partial charge in [-0.25, -0.2) is 0 Å². The van der Waals surface area contributed by atoms with E-state index < -0.39 is 0 Å². The molecule has 1 atom stereocenters. The lowest BCUT2D eigenvalue weighted by atomic mass is 10.0. The van der Waals surface area contributed by atoms with Crippen LogP contribution in [0.1, 0.15) is 37.8 Å². The van der Waals surface area contributed by atoms with Crippen LogP contribution in [0.4, 0.5) is 11.4 Å². The second-order valence-electron chi connectivity index (χ2n) is 5.27. The van der Waals surface area contributed by atoms with Crippen LogP contribution in [0.15, 0.2) is 12.1 Å². The van der Waals surface area contributed by atoms with Crippen LogP contribution < -0.4 is 10.6 Å². The fourth-order valence-corrected chi connectivity index (χ4v) is 2.63. The first-order chi connectivity index (χ1) is 8.54. The fourth-order valence-electron chi connectivity index (χ4n) is 2.63. The normalized spacial score (nSPS) is 15.6. The molecule has 18 heavy (non-hydrogen) atoms. The van der Waals surface area contributed by atoms with Crippen LogP contribution >= 0.6 is 0 Å². The van der Waals surface area contributed by atoms with Gasteiger partial charge < -0.3 is 10.6 Å². The number of hydrogen-bond donors (Lipinski definition) is 1. The number of aryl methyl sites for hydroxylation is 1. The standard InChI is InChI=1S/C15H22N2O/c1-4-5-10(2)15(18)17-7-6-12-8-11(3)13(16)9-14(12)17/h8-10H,4-7,16H2,1-3H3. The Bertz CT molecular complexity index is 468. The Morgan fingerprint density at radius 3 is 2.89 bits per heavy atom. The predicted octanol–water partition coefficient (Wildman–Crippen LogP) is 2.90. The first kappa shape index (κ1) is 12.9. The Balaban J connectivity index is 2.26. The van der Waals surface area contributed by atoms with Gasteiger partial charge in [-0.1, -0.05) is 26.3 Å². The molecule has 2 rings (SSSR count). The zero-order valence-corrected chi connectivity index (χ0v) is 11.5. The van der Waals surface area contributed by atoms with E-state index in [9.17, 15) is 4.79 Å². The van der Waals surface area contributed by atoms with Crippen LogP contribution in [0.2, 0.25) is 0 Å². The van der Waals surface area contributed by atoms with E-state index in [1.165, 1.54) is 5.56 Å². The molecule has 0 spiro atoms. The van der Waals surface area contributed by atoms with Gasteiger partial charge in [0.1, 0.15) is 0 Å². The van der Waals surface area contributed by atoms with Crippen molar-refractivity contribution in [2.45, 2.75) is 40.0 Å². The molecule has 0 aliphatic carbocycles. The smallest absolute Gasteiger partial charge is 0.229 e. The topological polar surface area (TPSA) is 46.3 Å². The number of fused-ring (bicyclic) bond motifs is 1. The summed E-state index contributed by atoms with van der Waals surface area (Å²) in [6.45, 7) is 6.94. The van der Waals surface area contributed by atoms with Gasteiger partial charge in [-0.3, -0.25) is 4.79 Å². The summed E-state index contributed by atoms with van der Waals surface area (Å²) in [6, 6.07) is 4.07. The Morgan fingerprint density at radius 2 is 2.22 bits per heavy atom. The molecule has 3 nitrogen and oxygen atoms in total. The van der Waals surface area contributed by atoms with Crippen LogP contribution in [-0.4, -0.2) is 12.5 Å². The second kappa shape index (κ2) is 5.01. The van der Waals surface area contributed by atoms with Crippen molar-refractivity contribution < 1.29 is 4.79 Å². The van der Waals surface area contributed by atoms with Crippen molar-refractivity contribution in [1.29, 1.82) is 0 Å². The largest absolute Gasteiger partial charge is 0.398 e. The minimum atomic E-state index is 0.100. The first-order valence-electron chi connectivity index (χ1n) is 6.75. The molecule has 1 aliphatic heterocycles. The highest BCUT2D eigenvalue weighted by Crippen LogP contribution is 2.33. The van der Waals surface area contributed by atoms with E-state index in [1.54, 1.807) is 0 Å². The Labute approximate surface area is 109 Å². The summed E-state index contributed by atoms with van der Waals surface area (Å²) in [4.78, 5) is 14.3. The molecule has 1 aromatic carbocycles. The van der Waals surface area contributed by atoms with Gasteiger partial charge in [0.25, 0.3) is 0 Å². The van der Waals surface area contributed by atoms with Gasteiger partial charge in [-0.05, 0) is 37.0 Å². The molecule has 0 radical (unpaired) electrons. The van der Waals surface area contributed by atoms with Gasteiger partial charge >= 0.3 is 0 Å². The molecule has 2 N–H and O–H groups in total. The zero-order valence-electron chi connectivity index (χ0n) is 11.5. The summed E-state index contributed by atoms with van der Waals surface area (Å²) in [5.74, 6) is 0.335. The minimum absolute atomic E-state index is 0.100. The molecule has 1 aromatic rings. The maximum Gasteiger partial charge on any atom is 0.229 e. The monoisotopic (exact) mass is 246 g/mol. The third-order valence-corrected chi connectivity index (χ3v) is 3.77. The fraction of sp³-hybridized carbons (Fsp3) is 0.533. The summed E-state index contributed by atoms with van der Waals surface area (Å²) < 4.78 is 0. The number of carbonyl (C=O) groups is 1. The molecular formula is C15H22N2O. The van der Waals surface area contributed by atoms with E-state index in [-0.39, 0.29) is 11.8 Å². The van der Waals surface area contributed by atoms with E-state index >= 15 is 0 Å².